The highest BCUT2D eigenvalue weighted by Crippen LogP contribution is 2.35. The molecule has 0 saturated heterocycles. The number of alkyl halides is 6. The molecule has 2 heterocycles. The van der Waals surface area contributed by atoms with Crippen LogP contribution >= 0.6 is 11.6 Å². The Morgan fingerprint density at radius 1 is 1.05 bits per heavy atom. The quantitative estimate of drug-likeness (QED) is 0.243. The molecule has 0 saturated carbocycles. The summed E-state index contributed by atoms with van der Waals surface area (Å²) in [6.07, 6.45) is -9.57. The first kappa shape index (κ1) is 28.7. The van der Waals surface area contributed by atoms with Crippen LogP contribution in [-0.4, -0.2) is 42.0 Å². The average Bonchev–Trinajstić information content (AvgIpc) is 3.51. The van der Waals surface area contributed by atoms with Crippen LogP contribution in [-0.2, 0) is 19.8 Å². The summed E-state index contributed by atoms with van der Waals surface area (Å²) in [6, 6.07) is 12.6. The number of aromatic amines is 1. The van der Waals surface area contributed by atoms with Crippen molar-refractivity contribution in [1.29, 1.82) is 0 Å². The van der Waals surface area contributed by atoms with Crippen molar-refractivity contribution in [3.05, 3.63) is 88.0 Å². The van der Waals surface area contributed by atoms with Gasteiger partial charge in [-0.25, -0.2) is 4.99 Å². The summed E-state index contributed by atoms with van der Waals surface area (Å²) in [5.74, 6) is -1.01. The van der Waals surface area contributed by atoms with Gasteiger partial charge in [-0.05, 0) is 59.3 Å². The Bertz CT molecular complexity index is 1810. The number of amides is 1. The van der Waals surface area contributed by atoms with E-state index in [-0.39, 0.29) is 45.4 Å². The van der Waals surface area contributed by atoms with Crippen LogP contribution < -0.4 is 15.7 Å². The lowest BCUT2D eigenvalue weighted by Gasteiger charge is -2.10. The number of halogens is 7. The van der Waals surface area contributed by atoms with Crippen molar-refractivity contribution in [1.82, 2.24) is 29.8 Å². The van der Waals surface area contributed by atoms with Crippen LogP contribution in [0.5, 0.6) is 5.75 Å². The van der Waals surface area contributed by atoms with Gasteiger partial charge in [0.1, 0.15) is 5.75 Å². The molecule has 0 aliphatic heterocycles. The van der Waals surface area contributed by atoms with Crippen molar-refractivity contribution in [2.45, 2.75) is 19.1 Å². The van der Waals surface area contributed by atoms with E-state index in [1.807, 2.05) is 0 Å². The number of hydrogen-bond donors (Lipinski definition) is 2. The molecule has 2 aromatic heterocycles. The standard InChI is InChI=1S/C25H17ClF6N8O2/c1-39-20-18(26)10-15(24(27,28)29)11-19(20)40(23(39)33-16-6-8-17(9-7-16)42-25(30,31)32)12-13-2-4-14(5-3-13)21(41)34-22-35-37-38-36-22/h2-11H,12H2,1H3,(H2,34,35,36,37,38,41). The smallest absolute Gasteiger partial charge is 0.406 e. The second-order valence-electron chi connectivity index (χ2n) is 8.81. The summed E-state index contributed by atoms with van der Waals surface area (Å²) < 4.78 is 85.5. The number of aryl methyl sites for hydroxylation is 1. The number of tetrazole rings is 1. The second-order valence-corrected chi connectivity index (χ2v) is 9.22. The summed E-state index contributed by atoms with van der Waals surface area (Å²) in [5, 5.41) is 15.1. The lowest BCUT2D eigenvalue weighted by atomic mass is 10.1. The van der Waals surface area contributed by atoms with Gasteiger partial charge < -0.3 is 13.9 Å². The summed E-state index contributed by atoms with van der Waals surface area (Å²) in [4.78, 5) is 16.9. The molecule has 0 radical (unpaired) electrons. The number of hydrogen-bond acceptors (Lipinski definition) is 6. The molecule has 0 aliphatic rings. The SMILES string of the molecule is Cn1c(=Nc2ccc(OC(F)(F)F)cc2)n(Cc2ccc(C(=O)Nc3nn[nH]n3)cc2)c2cc(C(F)(F)F)cc(Cl)c21. The normalized spacial score (nSPS) is 12.6. The molecule has 3 aromatic carbocycles. The highest BCUT2D eigenvalue weighted by molar-refractivity contribution is 6.35. The van der Waals surface area contributed by atoms with E-state index in [1.165, 1.54) is 33.4 Å². The minimum absolute atomic E-state index is 0.00415. The van der Waals surface area contributed by atoms with Crippen LogP contribution in [0.4, 0.5) is 38.0 Å². The number of nitrogens with one attached hydrogen (secondary N) is 2. The summed E-state index contributed by atoms with van der Waals surface area (Å²) in [6.45, 7) is -0.00415. The van der Waals surface area contributed by atoms with E-state index in [1.54, 1.807) is 19.2 Å². The minimum Gasteiger partial charge on any atom is -0.406 e. The molecular formula is C25H17ClF6N8O2. The Labute approximate surface area is 236 Å². The number of anilines is 1. The predicted octanol–water partition coefficient (Wildman–Crippen LogP) is 5.60. The van der Waals surface area contributed by atoms with Crippen molar-refractivity contribution in [2.24, 2.45) is 12.0 Å². The third-order valence-electron chi connectivity index (χ3n) is 5.97. The Kier molecular flexibility index (Phi) is 7.40. The van der Waals surface area contributed by atoms with Gasteiger partial charge in [0.15, 0.2) is 0 Å². The molecule has 10 nitrogen and oxygen atoms in total. The van der Waals surface area contributed by atoms with E-state index in [0.29, 0.717) is 5.56 Å². The van der Waals surface area contributed by atoms with Gasteiger partial charge >= 0.3 is 12.5 Å². The lowest BCUT2D eigenvalue weighted by molar-refractivity contribution is -0.274. The zero-order chi connectivity index (χ0) is 30.2. The monoisotopic (exact) mass is 610 g/mol. The number of aromatic nitrogens is 6. The zero-order valence-corrected chi connectivity index (χ0v) is 21.9. The third kappa shape index (κ3) is 6.22. The Morgan fingerprint density at radius 2 is 1.74 bits per heavy atom. The minimum atomic E-state index is -4.88. The van der Waals surface area contributed by atoms with Crippen LogP contribution in [0.1, 0.15) is 21.5 Å². The highest BCUT2D eigenvalue weighted by Gasteiger charge is 2.33. The molecule has 5 aromatic rings. The van der Waals surface area contributed by atoms with E-state index in [2.05, 4.69) is 35.7 Å². The van der Waals surface area contributed by atoms with Gasteiger partial charge in [-0.1, -0.05) is 28.8 Å². The number of fused-ring (bicyclic) bond motifs is 1. The van der Waals surface area contributed by atoms with E-state index in [0.717, 1.165) is 24.3 Å². The van der Waals surface area contributed by atoms with Gasteiger partial charge in [0.05, 0.1) is 33.9 Å². The maximum atomic E-state index is 13.7. The average molecular weight is 611 g/mol. The Balaban J connectivity index is 1.58. The summed E-state index contributed by atoms with van der Waals surface area (Å²) in [7, 11) is 1.54. The Morgan fingerprint density at radius 3 is 2.33 bits per heavy atom. The Hall–Kier alpha value is -4.86. The topological polar surface area (TPSA) is 115 Å². The van der Waals surface area contributed by atoms with Gasteiger partial charge in [0.2, 0.25) is 5.62 Å². The van der Waals surface area contributed by atoms with Crippen LogP contribution in [0.25, 0.3) is 11.0 Å². The van der Waals surface area contributed by atoms with E-state index >= 15 is 0 Å². The highest BCUT2D eigenvalue weighted by atomic mass is 35.5. The first-order valence-corrected chi connectivity index (χ1v) is 12.2. The second kappa shape index (κ2) is 10.8. The van der Waals surface area contributed by atoms with E-state index in [4.69, 9.17) is 11.6 Å². The summed E-state index contributed by atoms with van der Waals surface area (Å²) >= 11 is 6.30. The predicted molar refractivity (Wildman–Crippen MR) is 137 cm³/mol. The maximum Gasteiger partial charge on any atom is 0.573 e. The van der Waals surface area contributed by atoms with Crippen LogP contribution in [0.15, 0.2) is 65.7 Å². The molecule has 2 N–H and O–H groups in total. The zero-order valence-electron chi connectivity index (χ0n) is 21.1. The molecule has 0 atom stereocenters. The molecule has 42 heavy (non-hydrogen) atoms. The van der Waals surface area contributed by atoms with E-state index in [9.17, 15) is 31.1 Å². The van der Waals surface area contributed by atoms with Crippen molar-refractivity contribution in [3.8, 4) is 5.75 Å². The molecular weight excluding hydrogens is 594 g/mol. The fraction of sp³-hybridized carbons (Fsp3) is 0.160. The van der Waals surface area contributed by atoms with E-state index < -0.39 is 29.8 Å². The van der Waals surface area contributed by atoms with Gasteiger partial charge in [-0.15, -0.1) is 18.3 Å². The first-order valence-electron chi connectivity index (χ1n) is 11.8. The molecule has 5 rings (SSSR count). The van der Waals surface area contributed by atoms with Gasteiger partial charge in [0.25, 0.3) is 11.9 Å². The van der Waals surface area contributed by atoms with Crippen molar-refractivity contribution < 1.29 is 35.9 Å². The summed E-state index contributed by atoms with van der Waals surface area (Å²) in [5.41, 5.74) is 0.554. The molecule has 0 fully saturated rings. The number of nitrogens with zero attached hydrogens (tertiary/aromatic N) is 6. The fourth-order valence-electron chi connectivity index (χ4n) is 4.14. The number of benzene rings is 3. The maximum absolute atomic E-state index is 13.7. The molecule has 0 unspecified atom stereocenters. The van der Waals surface area contributed by atoms with Gasteiger partial charge in [0, 0.05) is 12.6 Å². The van der Waals surface area contributed by atoms with Crippen molar-refractivity contribution in [2.75, 3.05) is 5.32 Å². The number of carbonyl (C=O) groups is 1. The van der Waals surface area contributed by atoms with Crippen LogP contribution in [0.3, 0.4) is 0 Å². The molecule has 0 spiro atoms. The number of H-pyrrole nitrogens is 1. The van der Waals surface area contributed by atoms with Crippen LogP contribution in [0, 0.1) is 0 Å². The van der Waals surface area contributed by atoms with Gasteiger partial charge in [-0.3, -0.25) is 10.1 Å². The number of carbonyl (C=O) groups excluding carboxylic acids is 1. The molecule has 0 bridgehead atoms. The molecule has 1 amide bonds. The first-order chi connectivity index (χ1) is 19.8. The third-order valence-corrected chi connectivity index (χ3v) is 6.25. The van der Waals surface area contributed by atoms with Gasteiger partial charge in [-0.2, -0.15) is 18.4 Å². The number of rotatable bonds is 6. The fourth-order valence-corrected chi connectivity index (χ4v) is 4.48. The van der Waals surface area contributed by atoms with Crippen LogP contribution in [0.2, 0.25) is 5.02 Å². The number of ether oxygens (including phenoxy) is 1. The lowest BCUT2D eigenvalue weighted by Crippen LogP contribution is -2.24. The molecule has 17 heteroatoms. The van der Waals surface area contributed by atoms with Crippen molar-refractivity contribution >= 4 is 40.2 Å². The molecule has 218 valence electrons. The molecule has 0 aliphatic carbocycles. The largest absolute Gasteiger partial charge is 0.573 e. The number of imidazole rings is 1. The van der Waals surface area contributed by atoms with Crippen molar-refractivity contribution in [3.63, 3.8) is 0 Å².